The van der Waals surface area contributed by atoms with Gasteiger partial charge in [-0.15, -0.1) is 11.3 Å². The Morgan fingerprint density at radius 3 is 1.91 bits per heavy atom. The van der Waals surface area contributed by atoms with Crippen LogP contribution in [-0.2, 0) is 0 Å². The number of hydrogen-bond acceptors (Lipinski definition) is 2. The summed E-state index contributed by atoms with van der Waals surface area (Å²) in [5.74, 6) is 0. The fourth-order valence-electron chi connectivity index (χ4n) is 8.26. The summed E-state index contributed by atoms with van der Waals surface area (Å²) < 4.78 is 4.90. The Bertz CT molecular complexity index is 3330. The van der Waals surface area contributed by atoms with Crippen molar-refractivity contribution in [3.05, 3.63) is 187 Å². The van der Waals surface area contributed by atoms with Gasteiger partial charge in [0.25, 0.3) is 0 Å². The van der Waals surface area contributed by atoms with Gasteiger partial charge in [0.1, 0.15) is 0 Å². The number of benzene rings is 8. The zero-order valence-corrected chi connectivity index (χ0v) is 29.8. The molecule has 0 aliphatic heterocycles. The molecule has 0 radical (unpaired) electrons. The van der Waals surface area contributed by atoms with Crippen molar-refractivity contribution < 1.29 is 0 Å². The van der Waals surface area contributed by atoms with Gasteiger partial charge >= 0.3 is 0 Å². The molecule has 3 nitrogen and oxygen atoms in total. The Labute approximate surface area is 315 Å². The summed E-state index contributed by atoms with van der Waals surface area (Å²) in [6.07, 6.45) is 0. The van der Waals surface area contributed by atoms with Gasteiger partial charge in [-0.2, -0.15) is 0 Å². The third kappa shape index (κ3) is 4.70. The number of fused-ring (bicyclic) bond motifs is 10. The van der Waals surface area contributed by atoms with Crippen molar-refractivity contribution in [3.8, 4) is 39.2 Å². The summed E-state index contributed by atoms with van der Waals surface area (Å²) >= 11 is 1.87. The molecule has 0 saturated heterocycles. The first-order chi connectivity index (χ1) is 26.7. The molecule has 3 heterocycles. The Hall–Kier alpha value is -7.06. The number of rotatable bonds is 4. The van der Waals surface area contributed by atoms with Crippen LogP contribution in [-0.4, -0.2) is 9.55 Å². The van der Waals surface area contributed by atoms with Crippen molar-refractivity contribution in [1.82, 2.24) is 9.55 Å². The number of nitrogens with zero attached hydrogens (tertiary/aromatic N) is 3. The number of thiophene rings is 1. The van der Waals surface area contributed by atoms with Crippen molar-refractivity contribution >= 4 is 80.7 Å². The van der Waals surface area contributed by atoms with Gasteiger partial charge in [-0.3, -0.25) is 0 Å². The van der Waals surface area contributed by atoms with E-state index in [1.54, 1.807) is 0 Å². The highest BCUT2D eigenvalue weighted by Crippen LogP contribution is 2.44. The highest BCUT2D eigenvalue weighted by atomic mass is 32.1. The average Bonchev–Trinajstić information content (AvgIpc) is 3.79. The topological polar surface area (TPSA) is 22.2 Å². The number of para-hydroxylation sites is 1. The van der Waals surface area contributed by atoms with Crippen LogP contribution in [0.5, 0.6) is 0 Å². The molecule has 0 unspecified atom stereocenters. The molecule has 0 aliphatic carbocycles. The lowest BCUT2D eigenvalue weighted by Gasteiger charge is -2.13. The highest BCUT2D eigenvalue weighted by Gasteiger charge is 2.18. The van der Waals surface area contributed by atoms with Crippen LogP contribution in [0.25, 0.3) is 108 Å². The minimum absolute atomic E-state index is 0.642. The lowest BCUT2D eigenvalue weighted by atomic mass is 9.95. The van der Waals surface area contributed by atoms with E-state index in [2.05, 4.69) is 167 Å². The summed E-state index contributed by atoms with van der Waals surface area (Å²) in [4.78, 5) is 9.14. The monoisotopic (exact) mass is 703 g/mol. The second-order valence-electron chi connectivity index (χ2n) is 13.8. The Morgan fingerprint density at radius 1 is 0.463 bits per heavy atom. The lowest BCUT2D eigenvalue weighted by Crippen LogP contribution is -1.92. The van der Waals surface area contributed by atoms with Gasteiger partial charge in [0.2, 0.25) is 0 Å². The molecule has 0 atom stereocenters. The van der Waals surface area contributed by atoms with Crippen molar-refractivity contribution in [1.29, 1.82) is 0 Å². The first kappa shape index (κ1) is 30.6. The summed E-state index contributed by atoms with van der Waals surface area (Å²) in [5, 5.41) is 8.41. The average molecular weight is 704 g/mol. The molecule has 11 aromatic rings. The molecule has 0 bridgehead atoms. The minimum Gasteiger partial charge on any atom is -0.309 e. The lowest BCUT2D eigenvalue weighted by molar-refractivity contribution is 1.18. The van der Waals surface area contributed by atoms with E-state index < -0.39 is 0 Å². The van der Waals surface area contributed by atoms with Crippen LogP contribution >= 0.6 is 11.3 Å². The number of hydrogen-bond donors (Lipinski definition) is 0. The van der Waals surface area contributed by atoms with Crippen LogP contribution in [0.1, 0.15) is 0 Å². The predicted molar refractivity (Wildman–Crippen MR) is 229 cm³/mol. The molecule has 0 aliphatic rings. The number of aromatic nitrogens is 2. The van der Waals surface area contributed by atoms with Gasteiger partial charge in [-0.05, 0) is 82.2 Å². The highest BCUT2D eigenvalue weighted by molar-refractivity contribution is 7.26. The molecular formula is C50H29N3S. The second kappa shape index (κ2) is 12.0. The van der Waals surface area contributed by atoms with E-state index in [1.807, 2.05) is 29.5 Å². The molecule has 4 heteroatoms. The summed E-state index contributed by atoms with van der Waals surface area (Å²) in [5.41, 5.74) is 11.6. The first-order valence-electron chi connectivity index (χ1n) is 18.1. The molecule has 0 saturated carbocycles. The van der Waals surface area contributed by atoms with Crippen molar-refractivity contribution in [2.75, 3.05) is 0 Å². The Balaban J connectivity index is 1.09. The maximum Gasteiger partial charge on any atom is 0.188 e. The smallest absolute Gasteiger partial charge is 0.188 e. The number of pyridine rings is 1. The third-order valence-electron chi connectivity index (χ3n) is 10.8. The molecule has 8 aromatic carbocycles. The molecule has 0 amide bonds. The second-order valence-corrected chi connectivity index (χ2v) is 14.9. The van der Waals surface area contributed by atoms with E-state index in [4.69, 9.17) is 11.6 Å². The quantitative estimate of drug-likeness (QED) is 0.132. The van der Waals surface area contributed by atoms with Gasteiger partial charge in [-0.1, -0.05) is 121 Å². The van der Waals surface area contributed by atoms with Gasteiger partial charge in [-0.25, -0.2) is 9.83 Å². The fraction of sp³-hybridized carbons (Fsp3) is 0. The van der Waals surface area contributed by atoms with Crippen LogP contribution < -0.4 is 0 Å². The molecular weight excluding hydrogens is 675 g/mol. The van der Waals surface area contributed by atoms with Gasteiger partial charge in [0.05, 0.1) is 28.8 Å². The van der Waals surface area contributed by atoms with Crippen LogP contribution in [0.3, 0.4) is 0 Å². The van der Waals surface area contributed by atoms with Crippen LogP contribution in [0.4, 0.5) is 5.69 Å². The molecule has 0 spiro atoms. The van der Waals surface area contributed by atoms with E-state index in [1.165, 1.54) is 36.3 Å². The molecule has 250 valence electrons. The zero-order chi connectivity index (χ0) is 35.8. The molecule has 54 heavy (non-hydrogen) atoms. The van der Waals surface area contributed by atoms with E-state index >= 15 is 0 Å². The van der Waals surface area contributed by atoms with Crippen LogP contribution in [0.2, 0.25) is 0 Å². The predicted octanol–water partition coefficient (Wildman–Crippen LogP) is 14.4. The SMILES string of the molecule is [C-]#[N+]c1ccc2c(c1)c1cc(-c3cccc(-c4ccc5c(c4)nc(-c4ccccc4)c4ccc6c7ccccc7sc6c45)c3)ccc1n2-c1ccccc1. The maximum absolute atomic E-state index is 7.70. The van der Waals surface area contributed by atoms with Crippen molar-refractivity contribution in [3.63, 3.8) is 0 Å². The van der Waals surface area contributed by atoms with Crippen LogP contribution in [0.15, 0.2) is 176 Å². The van der Waals surface area contributed by atoms with E-state index in [9.17, 15) is 0 Å². The normalized spacial score (nSPS) is 11.7. The van der Waals surface area contributed by atoms with Gasteiger partial charge < -0.3 is 4.57 Å². The molecule has 11 rings (SSSR count). The zero-order valence-electron chi connectivity index (χ0n) is 29.0. The maximum atomic E-state index is 7.70. The summed E-state index contributed by atoms with van der Waals surface area (Å²) in [6.45, 7) is 7.70. The molecule has 0 N–H and O–H groups in total. The fourth-order valence-corrected chi connectivity index (χ4v) is 9.52. The molecule has 3 aromatic heterocycles. The Kier molecular flexibility index (Phi) is 6.79. The van der Waals surface area contributed by atoms with Crippen molar-refractivity contribution in [2.24, 2.45) is 0 Å². The van der Waals surface area contributed by atoms with Crippen molar-refractivity contribution in [2.45, 2.75) is 0 Å². The minimum atomic E-state index is 0.642. The van der Waals surface area contributed by atoms with E-state index in [0.29, 0.717) is 5.69 Å². The van der Waals surface area contributed by atoms with E-state index in [0.717, 1.165) is 66.5 Å². The van der Waals surface area contributed by atoms with Gasteiger partial charge in [0.15, 0.2) is 5.69 Å². The standard InChI is InChI=1S/C50H29N3S/c1-51-36-21-26-46-43(30-36)42-28-34(20-25-45(42)53(46)37-15-6-3-7-16-37)32-13-10-14-33(27-32)35-19-22-40-44(29-35)52-49(31-11-4-2-5-12-31)41-24-23-39-38-17-8-9-18-47(38)54-50(39)48(40)41/h2-30H. The van der Waals surface area contributed by atoms with Crippen LogP contribution in [0, 0.1) is 6.57 Å². The van der Waals surface area contributed by atoms with E-state index in [-0.39, 0.29) is 0 Å². The summed E-state index contributed by atoms with van der Waals surface area (Å²) in [7, 11) is 0. The third-order valence-corrected chi connectivity index (χ3v) is 12.0. The van der Waals surface area contributed by atoms with Gasteiger partial charge in [0, 0.05) is 53.0 Å². The largest absolute Gasteiger partial charge is 0.309 e. The molecule has 0 fully saturated rings. The first-order valence-corrected chi connectivity index (χ1v) is 18.9. The summed E-state index contributed by atoms with van der Waals surface area (Å²) in [6, 6.07) is 62.5. The Morgan fingerprint density at radius 2 is 1.09 bits per heavy atom.